The Bertz CT molecular complexity index is 759. The Labute approximate surface area is 137 Å². The number of halogens is 1. The number of nitrogens with one attached hydrogen (secondary N) is 1. The second-order valence-corrected chi connectivity index (χ2v) is 5.10. The molecule has 1 aliphatic heterocycles. The van der Waals surface area contributed by atoms with Gasteiger partial charge in [0.1, 0.15) is 0 Å². The standard InChI is InChI=1S/C16H13ClN2O4/c1-21-13-6-10(7-14-15(13)23-9-22-14)8-18-19-16(20)11-2-4-12(17)5-3-11/h2-8H,9H2,1H3,(H,19,20)/b18-8+. The quantitative estimate of drug-likeness (QED) is 0.690. The predicted octanol–water partition coefficient (Wildman–Crippen LogP) is 2.84. The monoisotopic (exact) mass is 332 g/mol. The van der Waals surface area contributed by atoms with Gasteiger partial charge in [-0.2, -0.15) is 5.10 Å². The lowest BCUT2D eigenvalue weighted by atomic mass is 10.2. The normalized spacial score (nSPS) is 12.4. The molecular weight excluding hydrogens is 320 g/mol. The average Bonchev–Trinajstić information content (AvgIpc) is 3.03. The van der Waals surface area contributed by atoms with Crippen LogP contribution < -0.4 is 19.6 Å². The van der Waals surface area contributed by atoms with Crippen molar-refractivity contribution < 1.29 is 19.0 Å². The number of carbonyl (C=O) groups excluding carboxylic acids is 1. The van der Waals surface area contributed by atoms with E-state index in [0.717, 1.165) is 0 Å². The average molecular weight is 333 g/mol. The van der Waals surface area contributed by atoms with Gasteiger partial charge in [-0.3, -0.25) is 4.79 Å². The number of hydrazone groups is 1. The van der Waals surface area contributed by atoms with E-state index >= 15 is 0 Å². The molecule has 0 aliphatic carbocycles. The molecular formula is C16H13ClN2O4. The van der Waals surface area contributed by atoms with Crippen LogP contribution in [0.3, 0.4) is 0 Å². The maximum Gasteiger partial charge on any atom is 0.271 e. The maximum atomic E-state index is 11.9. The fraction of sp³-hybridized carbons (Fsp3) is 0.125. The van der Waals surface area contributed by atoms with Crippen molar-refractivity contribution in [1.29, 1.82) is 0 Å². The summed E-state index contributed by atoms with van der Waals surface area (Å²) < 4.78 is 15.9. The molecule has 0 aromatic heterocycles. The van der Waals surface area contributed by atoms with Crippen LogP contribution in [-0.2, 0) is 0 Å². The second kappa shape index (κ2) is 6.58. The lowest BCUT2D eigenvalue weighted by Gasteiger charge is -2.05. The lowest BCUT2D eigenvalue weighted by Crippen LogP contribution is -2.17. The van der Waals surface area contributed by atoms with Crippen LogP contribution in [-0.4, -0.2) is 26.0 Å². The van der Waals surface area contributed by atoms with Crippen molar-refractivity contribution in [2.24, 2.45) is 5.10 Å². The van der Waals surface area contributed by atoms with Crippen molar-refractivity contribution in [3.63, 3.8) is 0 Å². The first-order chi connectivity index (χ1) is 11.2. The SMILES string of the molecule is COc1cc(/C=N/NC(=O)c2ccc(Cl)cc2)cc2c1OCO2. The topological polar surface area (TPSA) is 69.2 Å². The van der Waals surface area contributed by atoms with Crippen LogP contribution in [0.1, 0.15) is 15.9 Å². The minimum absolute atomic E-state index is 0.152. The van der Waals surface area contributed by atoms with Crippen LogP contribution in [0.4, 0.5) is 0 Å². The van der Waals surface area contributed by atoms with Gasteiger partial charge in [0.15, 0.2) is 11.5 Å². The minimum Gasteiger partial charge on any atom is -0.493 e. The molecule has 1 amide bonds. The third kappa shape index (κ3) is 3.37. The molecule has 2 aromatic carbocycles. The molecule has 1 aliphatic rings. The highest BCUT2D eigenvalue weighted by Crippen LogP contribution is 2.41. The molecule has 0 saturated carbocycles. The van der Waals surface area contributed by atoms with E-state index in [2.05, 4.69) is 10.5 Å². The summed E-state index contributed by atoms with van der Waals surface area (Å²) in [6, 6.07) is 10.0. The molecule has 1 heterocycles. The van der Waals surface area contributed by atoms with Gasteiger partial charge in [-0.1, -0.05) is 11.6 Å². The van der Waals surface area contributed by atoms with Crippen molar-refractivity contribution in [3.8, 4) is 17.2 Å². The van der Waals surface area contributed by atoms with Crippen LogP contribution in [0.25, 0.3) is 0 Å². The zero-order valence-electron chi connectivity index (χ0n) is 12.2. The van der Waals surface area contributed by atoms with Crippen LogP contribution >= 0.6 is 11.6 Å². The summed E-state index contributed by atoms with van der Waals surface area (Å²) >= 11 is 5.78. The van der Waals surface area contributed by atoms with Gasteiger partial charge < -0.3 is 14.2 Å². The zero-order valence-corrected chi connectivity index (χ0v) is 13.0. The maximum absolute atomic E-state index is 11.9. The van der Waals surface area contributed by atoms with Crippen molar-refractivity contribution in [2.45, 2.75) is 0 Å². The van der Waals surface area contributed by atoms with Gasteiger partial charge in [-0.25, -0.2) is 5.43 Å². The largest absolute Gasteiger partial charge is 0.493 e. The van der Waals surface area contributed by atoms with Gasteiger partial charge in [0.05, 0.1) is 13.3 Å². The van der Waals surface area contributed by atoms with E-state index in [0.29, 0.717) is 33.4 Å². The number of amides is 1. The Morgan fingerprint density at radius 2 is 2.09 bits per heavy atom. The van der Waals surface area contributed by atoms with Gasteiger partial charge in [0, 0.05) is 16.1 Å². The molecule has 2 aromatic rings. The number of fused-ring (bicyclic) bond motifs is 1. The third-order valence-electron chi connectivity index (χ3n) is 3.17. The Morgan fingerprint density at radius 3 is 2.83 bits per heavy atom. The molecule has 0 unspecified atom stereocenters. The summed E-state index contributed by atoms with van der Waals surface area (Å²) in [7, 11) is 1.54. The second-order valence-electron chi connectivity index (χ2n) is 4.66. The van der Waals surface area contributed by atoms with Gasteiger partial charge >= 0.3 is 0 Å². The smallest absolute Gasteiger partial charge is 0.271 e. The van der Waals surface area contributed by atoms with Crippen molar-refractivity contribution in [3.05, 3.63) is 52.5 Å². The Balaban J connectivity index is 1.71. The summed E-state index contributed by atoms with van der Waals surface area (Å²) in [5, 5.41) is 4.50. The van der Waals surface area contributed by atoms with Crippen molar-refractivity contribution in [2.75, 3.05) is 13.9 Å². The first-order valence-electron chi connectivity index (χ1n) is 6.74. The van der Waals surface area contributed by atoms with Crippen molar-refractivity contribution in [1.82, 2.24) is 5.43 Å². The van der Waals surface area contributed by atoms with E-state index in [1.54, 1.807) is 43.5 Å². The summed E-state index contributed by atoms with van der Waals surface area (Å²) in [4.78, 5) is 11.9. The van der Waals surface area contributed by atoms with Crippen LogP contribution in [0.5, 0.6) is 17.2 Å². The lowest BCUT2D eigenvalue weighted by molar-refractivity contribution is 0.0955. The van der Waals surface area contributed by atoms with Gasteiger partial charge in [0.25, 0.3) is 5.91 Å². The predicted molar refractivity (Wildman–Crippen MR) is 85.6 cm³/mol. The summed E-state index contributed by atoms with van der Waals surface area (Å²) in [5.41, 5.74) is 3.62. The molecule has 0 radical (unpaired) electrons. The van der Waals surface area contributed by atoms with Gasteiger partial charge in [-0.15, -0.1) is 0 Å². The number of hydrogen-bond acceptors (Lipinski definition) is 5. The first-order valence-corrected chi connectivity index (χ1v) is 7.12. The first kappa shape index (κ1) is 15.2. The van der Waals surface area contributed by atoms with E-state index < -0.39 is 0 Å². The van der Waals surface area contributed by atoms with E-state index in [1.165, 1.54) is 6.21 Å². The molecule has 118 valence electrons. The van der Waals surface area contributed by atoms with Gasteiger partial charge in [-0.05, 0) is 36.4 Å². The number of methoxy groups -OCH3 is 1. The van der Waals surface area contributed by atoms with Crippen molar-refractivity contribution >= 4 is 23.7 Å². The Kier molecular flexibility index (Phi) is 4.34. The minimum atomic E-state index is -0.328. The molecule has 0 bridgehead atoms. The summed E-state index contributed by atoms with van der Waals surface area (Å²) in [5.74, 6) is 1.36. The van der Waals surface area contributed by atoms with Crippen LogP contribution in [0.2, 0.25) is 5.02 Å². The Hall–Kier alpha value is -2.73. The summed E-state index contributed by atoms with van der Waals surface area (Å²) in [6.45, 7) is 0.152. The highest BCUT2D eigenvalue weighted by Gasteiger charge is 2.19. The van der Waals surface area contributed by atoms with Crippen LogP contribution in [0, 0.1) is 0 Å². The van der Waals surface area contributed by atoms with E-state index in [-0.39, 0.29) is 12.7 Å². The van der Waals surface area contributed by atoms with Gasteiger partial charge in [0.2, 0.25) is 12.5 Å². The number of carbonyl (C=O) groups is 1. The van der Waals surface area contributed by atoms with E-state index in [9.17, 15) is 4.79 Å². The molecule has 6 nitrogen and oxygen atoms in total. The van der Waals surface area contributed by atoms with E-state index in [1.807, 2.05) is 0 Å². The Morgan fingerprint density at radius 1 is 1.30 bits per heavy atom. The molecule has 7 heteroatoms. The molecule has 3 rings (SSSR count). The number of nitrogens with zero attached hydrogens (tertiary/aromatic N) is 1. The number of rotatable bonds is 4. The highest BCUT2D eigenvalue weighted by atomic mass is 35.5. The van der Waals surface area contributed by atoms with Crippen LogP contribution in [0.15, 0.2) is 41.5 Å². The molecule has 1 N–H and O–H groups in total. The molecule has 0 fully saturated rings. The zero-order chi connectivity index (χ0) is 16.2. The van der Waals surface area contributed by atoms with E-state index in [4.69, 9.17) is 25.8 Å². The highest BCUT2D eigenvalue weighted by molar-refractivity contribution is 6.30. The fourth-order valence-electron chi connectivity index (χ4n) is 2.06. The summed E-state index contributed by atoms with van der Waals surface area (Å²) in [6.07, 6.45) is 1.50. The molecule has 0 spiro atoms. The molecule has 0 atom stereocenters. The number of ether oxygens (including phenoxy) is 3. The molecule has 23 heavy (non-hydrogen) atoms. The fourth-order valence-corrected chi connectivity index (χ4v) is 2.18. The number of hydrogen-bond donors (Lipinski definition) is 1. The third-order valence-corrected chi connectivity index (χ3v) is 3.42. The molecule has 0 saturated heterocycles. The number of benzene rings is 2.